The average molecular weight is 479 g/mol. The van der Waals surface area contributed by atoms with Gasteiger partial charge in [-0.2, -0.15) is 4.98 Å². The van der Waals surface area contributed by atoms with E-state index in [1.165, 1.54) is 17.2 Å². The molecule has 2 aromatic carbocycles. The fourth-order valence-electron chi connectivity index (χ4n) is 4.55. The van der Waals surface area contributed by atoms with Crippen molar-refractivity contribution in [1.82, 2.24) is 23.6 Å². The Morgan fingerprint density at radius 1 is 0.824 bits per heavy atom. The van der Waals surface area contributed by atoms with Crippen molar-refractivity contribution in [2.24, 2.45) is 14.1 Å². The first-order chi connectivity index (χ1) is 16.4. The molecule has 0 saturated carbocycles. The molecule has 0 spiro atoms. The highest BCUT2D eigenvalue weighted by Gasteiger charge is 2.25. The van der Waals surface area contributed by atoms with Gasteiger partial charge in [-0.05, 0) is 23.3 Å². The molecule has 5 rings (SSSR count). The minimum atomic E-state index is -0.374. The fourth-order valence-corrected chi connectivity index (χ4v) is 4.67. The lowest BCUT2D eigenvalue weighted by molar-refractivity contribution is 0.248. The molecule has 8 nitrogen and oxygen atoms in total. The summed E-state index contributed by atoms with van der Waals surface area (Å²) >= 11 is 6.01. The van der Waals surface area contributed by atoms with Gasteiger partial charge in [0.2, 0.25) is 5.95 Å². The molecule has 3 heterocycles. The Morgan fingerprint density at radius 2 is 1.47 bits per heavy atom. The summed E-state index contributed by atoms with van der Waals surface area (Å²) in [5.74, 6) is 0.725. The number of hydrogen-bond donors (Lipinski definition) is 0. The maximum absolute atomic E-state index is 13.1. The molecule has 34 heavy (non-hydrogen) atoms. The van der Waals surface area contributed by atoms with Gasteiger partial charge in [-0.1, -0.05) is 54.1 Å². The quantitative estimate of drug-likeness (QED) is 0.441. The van der Waals surface area contributed by atoms with Crippen LogP contribution < -0.4 is 16.1 Å². The minimum absolute atomic E-state index is 0.325. The van der Waals surface area contributed by atoms with E-state index in [2.05, 4.69) is 21.9 Å². The van der Waals surface area contributed by atoms with E-state index >= 15 is 0 Å². The van der Waals surface area contributed by atoms with Crippen LogP contribution in [-0.4, -0.2) is 49.8 Å². The lowest BCUT2D eigenvalue weighted by Crippen LogP contribution is -2.47. The van der Waals surface area contributed by atoms with Gasteiger partial charge in [0.1, 0.15) is 0 Å². The van der Waals surface area contributed by atoms with Crippen LogP contribution in [0.15, 0.2) is 64.2 Å². The molecule has 0 atom stereocenters. The number of aryl methyl sites for hydroxylation is 1. The predicted octanol–water partition coefficient (Wildman–Crippen LogP) is 2.46. The van der Waals surface area contributed by atoms with Gasteiger partial charge < -0.3 is 4.90 Å². The Bertz CT molecular complexity index is 1430. The normalized spacial score (nSPS) is 14.7. The van der Waals surface area contributed by atoms with Gasteiger partial charge in [0.05, 0.1) is 6.54 Å². The van der Waals surface area contributed by atoms with Crippen molar-refractivity contribution < 1.29 is 0 Å². The van der Waals surface area contributed by atoms with E-state index in [0.717, 1.165) is 53.8 Å². The summed E-state index contributed by atoms with van der Waals surface area (Å²) in [4.78, 5) is 35.1. The summed E-state index contributed by atoms with van der Waals surface area (Å²) in [7, 11) is 3.18. The van der Waals surface area contributed by atoms with Gasteiger partial charge in [-0.3, -0.25) is 23.4 Å². The van der Waals surface area contributed by atoms with E-state index in [1.807, 2.05) is 47.0 Å². The van der Waals surface area contributed by atoms with Gasteiger partial charge in [0.25, 0.3) is 5.56 Å². The van der Waals surface area contributed by atoms with Crippen molar-refractivity contribution in [3.8, 4) is 0 Å². The van der Waals surface area contributed by atoms with Crippen molar-refractivity contribution in [2.75, 3.05) is 31.1 Å². The largest absolute Gasteiger partial charge is 0.340 e. The Hall–Kier alpha value is -3.36. The number of nitrogens with zero attached hydrogens (tertiary/aromatic N) is 6. The van der Waals surface area contributed by atoms with Crippen molar-refractivity contribution in [3.63, 3.8) is 0 Å². The smallest absolute Gasteiger partial charge is 0.332 e. The van der Waals surface area contributed by atoms with E-state index in [9.17, 15) is 9.59 Å². The Balaban J connectivity index is 1.48. The summed E-state index contributed by atoms with van der Waals surface area (Å²) < 4.78 is 4.57. The second-order valence-electron chi connectivity index (χ2n) is 8.75. The van der Waals surface area contributed by atoms with Crippen molar-refractivity contribution in [1.29, 1.82) is 0 Å². The number of hydrogen-bond acceptors (Lipinski definition) is 5. The molecule has 0 bridgehead atoms. The van der Waals surface area contributed by atoms with E-state index in [-0.39, 0.29) is 11.2 Å². The number of imidazole rings is 1. The maximum Gasteiger partial charge on any atom is 0.332 e. The van der Waals surface area contributed by atoms with E-state index in [4.69, 9.17) is 16.6 Å². The number of piperazine rings is 1. The number of anilines is 1. The Kier molecular flexibility index (Phi) is 6.02. The van der Waals surface area contributed by atoms with Crippen LogP contribution in [0.5, 0.6) is 0 Å². The Labute approximate surface area is 202 Å². The third-order valence-electron chi connectivity index (χ3n) is 6.49. The molecule has 0 radical (unpaired) electrons. The molecule has 0 unspecified atom stereocenters. The standard InChI is InChI=1S/C25H27ClN6O2/c1-28-22-21(23(33)29(2)25(28)34)32(17-18-6-4-3-5-7-18)24(27-22)31-14-12-30(13-15-31)16-19-8-10-20(26)11-9-19/h3-11H,12-17H2,1-2H3. The molecule has 4 aromatic rings. The van der Waals surface area contributed by atoms with Crippen LogP contribution in [0.3, 0.4) is 0 Å². The van der Waals surface area contributed by atoms with Crippen molar-refractivity contribution >= 4 is 28.7 Å². The summed E-state index contributed by atoms with van der Waals surface area (Å²) in [5, 5.41) is 0.742. The highest BCUT2D eigenvalue weighted by Crippen LogP contribution is 2.23. The van der Waals surface area contributed by atoms with Crippen LogP contribution in [0.2, 0.25) is 5.02 Å². The molecule has 1 aliphatic heterocycles. The molecule has 2 aromatic heterocycles. The monoisotopic (exact) mass is 478 g/mol. The first-order valence-electron chi connectivity index (χ1n) is 11.3. The number of benzene rings is 2. The molecule has 1 aliphatic rings. The average Bonchev–Trinajstić information content (AvgIpc) is 3.23. The lowest BCUT2D eigenvalue weighted by Gasteiger charge is -2.35. The third-order valence-corrected chi connectivity index (χ3v) is 6.74. The molecule has 9 heteroatoms. The van der Waals surface area contributed by atoms with Crippen LogP contribution in [0.4, 0.5) is 5.95 Å². The number of rotatable bonds is 5. The minimum Gasteiger partial charge on any atom is -0.340 e. The topological polar surface area (TPSA) is 68.3 Å². The SMILES string of the molecule is Cn1c(=O)c2c(nc(N3CCN(Cc4ccc(Cl)cc4)CC3)n2Cc2ccccc2)n(C)c1=O. The van der Waals surface area contributed by atoms with Crippen LogP contribution in [0, 0.1) is 0 Å². The van der Waals surface area contributed by atoms with Crippen molar-refractivity contribution in [3.05, 3.63) is 91.6 Å². The first kappa shape index (κ1) is 22.4. The molecule has 176 valence electrons. The zero-order valence-electron chi connectivity index (χ0n) is 19.3. The van der Waals surface area contributed by atoms with E-state index in [1.54, 1.807) is 7.05 Å². The summed E-state index contributed by atoms with van der Waals surface area (Å²) in [6.07, 6.45) is 0. The van der Waals surface area contributed by atoms with Gasteiger partial charge in [-0.25, -0.2) is 4.79 Å². The molecule has 0 aliphatic carbocycles. The molecule has 1 saturated heterocycles. The number of halogens is 1. The lowest BCUT2D eigenvalue weighted by atomic mass is 10.2. The molecular weight excluding hydrogens is 452 g/mol. The maximum atomic E-state index is 13.1. The van der Waals surface area contributed by atoms with Crippen molar-refractivity contribution in [2.45, 2.75) is 13.1 Å². The molecule has 1 fully saturated rings. The Morgan fingerprint density at radius 3 is 2.15 bits per heavy atom. The van der Waals surface area contributed by atoms with E-state index in [0.29, 0.717) is 17.7 Å². The summed E-state index contributed by atoms with van der Waals surface area (Å²) in [6, 6.07) is 18.0. The fraction of sp³-hybridized carbons (Fsp3) is 0.320. The third kappa shape index (κ3) is 4.15. The predicted molar refractivity (Wildman–Crippen MR) is 135 cm³/mol. The van der Waals surface area contributed by atoms with Gasteiger partial charge in [-0.15, -0.1) is 0 Å². The van der Waals surface area contributed by atoms with Gasteiger partial charge in [0, 0.05) is 51.8 Å². The molecule has 0 N–H and O–H groups in total. The highest BCUT2D eigenvalue weighted by atomic mass is 35.5. The second-order valence-corrected chi connectivity index (χ2v) is 9.19. The molecular formula is C25H27ClN6O2. The van der Waals surface area contributed by atoms with Crippen LogP contribution >= 0.6 is 11.6 Å². The summed E-state index contributed by atoms with van der Waals surface area (Å²) in [5.41, 5.74) is 2.47. The number of aromatic nitrogens is 4. The van der Waals surface area contributed by atoms with Gasteiger partial charge >= 0.3 is 5.69 Å². The van der Waals surface area contributed by atoms with Crippen LogP contribution in [0.25, 0.3) is 11.2 Å². The summed E-state index contributed by atoms with van der Waals surface area (Å²) in [6.45, 7) is 4.66. The van der Waals surface area contributed by atoms with Crippen LogP contribution in [0.1, 0.15) is 11.1 Å². The second kappa shape index (κ2) is 9.12. The van der Waals surface area contributed by atoms with Gasteiger partial charge in [0.15, 0.2) is 11.2 Å². The molecule has 0 amide bonds. The first-order valence-corrected chi connectivity index (χ1v) is 11.7. The van der Waals surface area contributed by atoms with Crippen LogP contribution in [-0.2, 0) is 27.2 Å². The zero-order chi connectivity index (χ0) is 23.8. The number of fused-ring (bicyclic) bond motifs is 1. The highest BCUT2D eigenvalue weighted by molar-refractivity contribution is 6.30. The van der Waals surface area contributed by atoms with E-state index < -0.39 is 0 Å². The zero-order valence-corrected chi connectivity index (χ0v) is 20.1.